The van der Waals surface area contributed by atoms with Crippen LogP contribution in [0.4, 0.5) is 4.39 Å². The Hall–Kier alpha value is -2.04. The maximum absolute atomic E-state index is 15.1. The van der Waals surface area contributed by atoms with E-state index in [1.54, 1.807) is 6.08 Å². The van der Waals surface area contributed by atoms with Gasteiger partial charge in [-0.1, -0.05) is 24.6 Å². The highest BCUT2D eigenvalue weighted by atomic mass is 19.1. The van der Waals surface area contributed by atoms with Crippen molar-refractivity contribution < 1.29 is 23.5 Å². The minimum atomic E-state index is -1.14. The molecule has 0 N–H and O–H groups in total. The molecule has 0 aliphatic heterocycles. The van der Waals surface area contributed by atoms with Gasteiger partial charge in [-0.15, -0.1) is 0 Å². The lowest BCUT2D eigenvalue weighted by atomic mass is 9.51. The van der Waals surface area contributed by atoms with Crippen molar-refractivity contribution in [1.29, 1.82) is 0 Å². The van der Waals surface area contributed by atoms with E-state index in [9.17, 15) is 14.4 Å². The van der Waals surface area contributed by atoms with Crippen LogP contribution in [0, 0.1) is 28.6 Å². The first-order valence-electron chi connectivity index (χ1n) is 10.1. The Labute approximate surface area is 164 Å². The van der Waals surface area contributed by atoms with Crippen molar-refractivity contribution in [1.82, 2.24) is 0 Å². The number of allylic oxidation sites excluding steroid dienone is 6. The van der Waals surface area contributed by atoms with Gasteiger partial charge in [0, 0.05) is 18.3 Å². The van der Waals surface area contributed by atoms with Gasteiger partial charge in [-0.2, -0.15) is 0 Å². The molecule has 4 nitrogen and oxygen atoms in total. The van der Waals surface area contributed by atoms with E-state index in [2.05, 4.69) is 13.0 Å². The largest absolute Gasteiger partial charge is 0.458 e. The fourth-order valence-corrected chi connectivity index (χ4v) is 6.33. The molecule has 0 aromatic heterocycles. The molecule has 0 saturated heterocycles. The maximum atomic E-state index is 15.1. The first-order chi connectivity index (χ1) is 13.2. The summed E-state index contributed by atoms with van der Waals surface area (Å²) in [5.41, 5.74) is 0.993. The fraction of sp³-hybridized carbons (Fsp3) is 0.609. The van der Waals surface area contributed by atoms with Crippen LogP contribution in [0.5, 0.6) is 0 Å². The van der Waals surface area contributed by atoms with Crippen LogP contribution in [0.25, 0.3) is 0 Å². The van der Waals surface area contributed by atoms with Crippen LogP contribution in [-0.2, 0) is 19.1 Å². The number of ketones is 2. The Kier molecular flexibility index (Phi) is 4.48. The minimum Gasteiger partial charge on any atom is -0.458 e. The third-order valence-electron chi connectivity index (χ3n) is 7.74. The lowest BCUT2D eigenvalue weighted by molar-refractivity contribution is -0.148. The molecule has 0 spiro atoms. The molecule has 4 aliphatic rings. The van der Waals surface area contributed by atoms with Crippen LogP contribution in [0.1, 0.15) is 46.5 Å². The molecule has 2 saturated carbocycles. The lowest BCUT2D eigenvalue weighted by Gasteiger charge is -2.53. The summed E-state index contributed by atoms with van der Waals surface area (Å²) < 4.78 is 20.1. The Morgan fingerprint density at radius 1 is 1.25 bits per heavy atom. The normalized spacial score (nSPS) is 41.4. The number of hydrogen-bond donors (Lipinski definition) is 0. The van der Waals surface area contributed by atoms with Gasteiger partial charge in [-0.3, -0.25) is 14.4 Å². The van der Waals surface area contributed by atoms with Gasteiger partial charge in [-0.05, 0) is 67.6 Å². The van der Waals surface area contributed by atoms with Crippen molar-refractivity contribution in [2.45, 2.75) is 52.6 Å². The Morgan fingerprint density at radius 2 is 2.00 bits per heavy atom. The predicted molar refractivity (Wildman–Crippen MR) is 102 cm³/mol. The zero-order valence-corrected chi connectivity index (χ0v) is 16.7. The highest BCUT2D eigenvalue weighted by Gasteiger charge is 2.58. The SMILES string of the molecule is CC(=O)OCC(=O)C1CCC2C3CC(F)C4=CC(=O)C=CC4(C)C3=CCC12C. The number of alkyl halides is 1. The highest BCUT2D eigenvalue weighted by molar-refractivity contribution is 6.01. The van der Waals surface area contributed by atoms with Gasteiger partial charge >= 0.3 is 5.97 Å². The van der Waals surface area contributed by atoms with Crippen LogP contribution in [-0.4, -0.2) is 30.3 Å². The summed E-state index contributed by atoms with van der Waals surface area (Å²) in [7, 11) is 0. The average Bonchev–Trinajstić information content (AvgIpc) is 2.99. The van der Waals surface area contributed by atoms with Crippen molar-refractivity contribution in [3.05, 3.63) is 35.5 Å². The van der Waals surface area contributed by atoms with E-state index in [0.717, 1.165) is 19.3 Å². The Bertz CT molecular complexity index is 838. The van der Waals surface area contributed by atoms with Crippen molar-refractivity contribution in [3.63, 3.8) is 0 Å². The van der Waals surface area contributed by atoms with Crippen molar-refractivity contribution >= 4 is 17.5 Å². The minimum absolute atomic E-state index is 0.0281. The molecule has 0 aromatic carbocycles. The first-order valence-corrected chi connectivity index (χ1v) is 10.1. The second kappa shape index (κ2) is 6.50. The number of carbonyl (C=O) groups is 3. The van der Waals surface area contributed by atoms with Gasteiger partial charge in [0.15, 0.2) is 11.6 Å². The standard InChI is InChI=1S/C23H27FO4/c1-13(25)28-12-21(27)18-5-4-16-15-11-20(24)19-10-14(26)6-8-23(19,3)17(15)7-9-22(16,18)2/h6-8,10,15-16,18,20H,4-5,9,11-12H2,1-3H3. The van der Waals surface area contributed by atoms with Crippen molar-refractivity contribution in [2.75, 3.05) is 6.61 Å². The van der Waals surface area contributed by atoms with Gasteiger partial charge in [0.1, 0.15) is 12.8 Å². The van der Waals surface area contributed by atoms with E-state index in [1.807, 2.05) is 13.0 Å². The van der Waals surface area contributed by atoms with Gasteiger partial charge in [0.05, 0.1) is 0 Å². The topological polar surface area (TPSA) is 60.4 Å². The maximum Gasteiger partial charge on any atom is 0.303 e. The molecule has 5 heteroatoms. The zero-order chi connectivity index (χ0) is 20.3. The Balaban J connectivity index is 1.66. The predicted octanol–water partition coefficient (Wildman–Crippen LogP) is 3.91. The summed E-state index contributed by atoms with van der Waals surface area (Å²) in [4.78, 5) is 35.6. The second-order valence-corrected chi connectivity index (χ2v) is 9.20. The number of fused-ring (bicyclic) bond motifs is 5. The van der Waals surface area contributed by atoms with E-state index in [0.29, 0.717) is 12.0 Å². The van der Waals surface area contributed by atoms with Crippen LogP contribution < -0.4 is 0 Å². The van der Waals surface area contributed by atoms with Crippen molar-refractivity contribution in [2.24, 2.45) is 28.6 Å². The van der Waals surface area contributed by atoms with Crippen LogP contribution >= 0.6 is 0 Å². The van der Waals surface area contributed by atoms with E-state index in [1.165, 1.54) is 18.6 Å². The molecule has 0 aromatic rings. The smallest absolute Gasteiger partial charge is 0.303 e. The van der Waals surface area contributed by atoms with Gasteiger partial charge in [0.25, 0.3) is 0 Å². The molecular formula is C23H27FO4. The number of carbonyl (C=O) groups excluding carboxylic acids is 3. The second-order valence-electron chi connectivity index (χ2n) is 9.20. The number of hydrogen-bond acceptors (Lipinski definition) is 4. The van der Waals surface area contributed by atoms with Gasteiger partial charge in [-0.25, -0.2) is 4.39 Å². The summed E-state index contributed by atoms with van der Waals surface area (Å²) in [5, 5.41) is 0. The summed E-state index contributed by atoms with van der Waals surface area (Å²) in [6.45, 7) is 5.27. The van der Waals surface area contributed by atoms with E-state index in [4.69, 9.17) is 4.74 Å². The van der Waals surface area contributed by atoms with Crippen molar-refractivity contribution in [3.8, 4) is 0 Å². The summed E-state index contributed by atoms with van der Waals surface area (Å²) in [5.74, 6) is -0.494. The van der Waals surface area contributed by atoms with E-state index >= 15 is 4.39 Å². The average molecular weight is 386 g/mol. The van der Waals surface area contributed by atoms with Gasteiger partial charge in [0.2, 0.25) is 0 Å². The van der Waals surface area contributed by atoms with Gasteiger partial charge < -0.3 is 4.74 Å². The molecule has 2 fully saturated rings. The first kappa shape index (κ1) is 19.3. The molecule has 150 valence electrons. The highest BCUT2D eigenvalue weighted by Crippen LogP contribution is 2.64. The van der Waals surface area contributed by atoms with Crippen LogP contribution in [0.2, 0.25) is 0 Å². The quantitative estimate of drug-likeness (QED) is 0.545. The molecule has 6 unspecified atom stereocenters. The van der Waals surface area contributed by atoms with E-state index < -0.39 is 17.6 Å². The molecule has 4 rings (SSSR count). The molecular weight excluding hydrogens is 359 g/mol. The summed E-state index contributed by atoms with van der Waals surface area (Å²) >= 11 is 0. The molecule has 4 aliphatic carbocycles. The van der Waals surface area contributed by atoms with Crippen LogP contribution in [0.15, 0.2) is 35.5 Å². The summed E-state index contributed by atoms with van der Waals surface area (Å²) in [6.07, 6.45) is 8.68. The lowest BCUT2D eigenvalue weighted by Crippen LogP contribution is -2.47. The molecule has 0 amide bonds. The molecule has 0 heterocycles. The molecule has 28 heavy (non-hydrogen) atoms. The molecule has 6 atom stereocenters. The van der Waals surface area contributed by atoms with Crippen LogP contribution in [0.3, 0.4) is 0 Å². The number of esters is 1. The number of ether oxygens (including phenoxy) is 1. The fourth-order valence-electron chi connectivity index (χ4n) is 6.33. The number of rotatable bonds is 3. The molecule has 0 bridgehead atoms. The van der Waals surface area contributed by atoms with E-state index in [-0.39, 0.29) is 41.3 Å². The zero-order valence-electron chi connectivity index (χ0n) is 16.7. The third kappa shape index (κ3) is 2.73. The Morgan fingerprint density at radius 3 is 2.71 bits per heavy atom. The number of Topliss-reactive ketones (excluding diaryl/α,β-unsaturated/α-hetero) is 1. The number of halogens is 1. The molecule has 0 radical (unpaired) electrons. The third-order valence-corrected chi connectivity index (χ3v) is 7.74. The monoisotopic (exact) mass is 386 g/mol. The summed E-state index contributed by atoms with van der Waals surface area (Å²) in [6, 6.07) is 0.